The van der Waals surface area contributed by atoms with Crippen LogP contribution in [-0.2, 0) is 24.1 Å². The molecule has 2 heterocycles. The van der Waals surface area contributed by atoms with Crippen LogP contribution in [0.15, 0.2) is 12.4 Å². The predicted octanol–water partition coefficient (Wildman–Crippen LogP) is 3.54. The highest BCUT2D eigenvalue weighted by Crippen LogP contribution is 2.38. The van der Waals surface area contributed by atoms with Gasteiger partial charge in [0.25, 0.3) is 5.91 Å². The Morgan fingerprint density at radius 3 is 2.79 bits per heavy atom. The van der Waals surface area contributed by atoms with Crippen LogP contribution >= 0.6 is 23.6 Å². The molecule has 0 spiro atoms. The van der Waals surface area contributed by atoms with Crippen LogP contribution in [0.3, 0.4) is 0 Å². The highest BCUT2D eigenvalue weighted by Gasteiger charge is 2.26. The van der Waals surface area contributed by atoms with E-state index >= 15 is 0 Å². The summed E-state index contributed by atoms with van der Waals surface area (Å²) in [6, 6.07) is 0. The first-order chi connectivity index (χ1) is 13.5. The van der Waals surface area contributed by atoms with Crippen molar-refractivity contribution in [2.45, 2.75) is 52.5 Å². The van der Waals surface area contributed by atoms with Crippen LogP contribution in [0.5, 0.6) is 0 Å². The number of nitrogens with zero attached hydrogens (tertiary/aromatic N) is 2. The molecular weight excluding hydrogens is 396 g/mol. The third-order valence-electron chi connectivity index (χ3n) is 4.57. The number of fused-ring (bicyclic) bond motifs is 1. The minimum absolute atomic E-state index is 0.149. The molecule has 0 saturated heterocycles. The first-order valence-electron chi connectivity index (χ1n) is 9.49. The lowest BCUT2D eigenvalue weighted by Gasteiger charge is -2.10. The Balaban J connectivity index is 1.77. The summed E-state index contributed by atoms with van der Waals surface area (Å²) in [5.41, 5.74) is 2.04. The third-order valence-corrected chi connectivity index (χ3v) is 5.99. The molecule has 28 heavy (non-hydrogen) atoms. The van der Waals surface area contributed by atoms with E-state index in [0.29, 0.717) is 29.3 Å². The number of thiophene rings is 1. The minimum atomic E-state index is -0.345. The zero-order chi connectivity index (χ0) is 20.1. The van der Waals surface area contributed by atoms with E-state index in [0.717, 1.165) is 37.7 Å². The lowest BCUT2D eigenvalue weighted by Crippen LogP contribution is -2.34. The van der Waals surface area contributed by atoms with Gasteiger partial charge in [-0.15, -0.1) is 11.3 Å². The quantitative estimate of drug-likeness (QED) is 0.437. The second-order valence-corrected chi connectivity index (χ2v) is 8.00. The van der Waals surface area contributed by atoms with E-state index in [1.54, 1.807) is 17.8 Å². The van der Waals surface area contributed by atoms with Crippen molar-refractivity contribution in [2.24, 2.45) is 0 Å². The number of carbonyl (C=O) groups is 2. The van der Waals surface area contributed by atoms with E-state index in [9.17, 15) is 9.59 Å². The van der Waals surface area contributed by atoms with Crippen LogP contribution in [0.1, 0.15) is 64.3 Å². The normalized spacial score (nSPS) is 13.4. The number of hydrogen-bond donors (Lipinski definition) is 2. The highest BCUT2D eigenvalue weighted by molar-refractivity contribution is 7.80. The van der Waals surface area contributed by atoms with Gasteiger partial charge in [-0.05, 0) is 57.3 Å². The number of carbonyl (C=O) groups excluding carboxylic acids is 2. The molecule has 2 aromatic rings. The number of rotatable bonds is 5. The zero-order valence-electron chi connectivity index (χ0n) is 16.0. The van der Waals surface area contributed by atoms with Crippen molar-refractivity contribution in [3.63, 3.8) is 0 Å². The van der Waals surface area contributed by atoms with Crippen molar-refractivity contribution in [2.75, 3.05) is 11.9 Å². The van der Waals surface area contributed by atoms with E-state index in [1.165, 1.54) is 22.4 Å². The summed E-state index contributed by atoms with van der Waals surface area (Å²) < 4.78 is 6.93. The monoisotopic (exact) mass is 420 g/mol. The number of aryl methyl sites for hydroxylation is 2. The van der Waals surface area contributed by atoms with Crippen molar-refractivity contribution in [3.8, 4) is 0 Å². The van der Waals surface area contributed by atoms with E-state index in [4.69, 9.17) is 17.0 Å². The van der Waals surface area contributed by atoms with Crippen molar-refractivity contribution in [3.05, 3.63) is 34.0 Å². The van der Waals surface area contributed by atoms with Gasteiger partial charge >= 0.3 is 5.97 Å². The third kappa shape index (κ3) is 4.59. The van der Waals surface area contributed by atoms with Crippen molar-refractivity contribution >= 4 is 45.5 Å². The molecule has 0 bridgehead atoms. The molecule has 1 aliphatic carbocycles. The fourth-order valence-electron chi connectivity index (χ4n) is 3.21. The molecule has 2 aromatic heterocycles. The molecule has 7 nitrogen and oxygen atoms in total. The van der Waals surface area contributed by atoms with Gasteiger partial charge in [0.1, 0.15) is 5.00 Å². The Morgan fingerprint density at radius 2 is 2.07 bits per heavy atom. The highest BCUT2D eigenvalue weighted by atomic mass is 32.1. The summed E-state index contributed by atoms with van der Waals surface area (Å²) in [6.45, 7) is 4.72. The number of hydrogen-bond acceptors (Lipinski definition) is 6. The molecule has 0 radical (unpaired) electrons. The number of anilines is 1. The Bertz CT molecular complexity index is 888. The molecule has 3 rings (SSSR count). The standard InChI is InChI=1S/C19H24N4O3S2/c1-3-23-11-12(10-20-23)16(24)21-19(27)22-17-15(18(25)26-4-2)13-8-6-5-7-9-14(13)28-17/h10-11H,3-9H2,1-2H3,(H2,21,22,24,27). The Labute approximate surface area is 173 Å². The molecule has 150 valence electrons. The Kier molecular flexibility index (Phi) is 6.79. The van der Waals surface area contributed by atoms with Gasteiger partial charge < -0.3 is 10.1 Å². The van der Waals surface area contributed by atoms with Crippen molar-refractivity contribution < 1.29 is 14.3 Å². The molecule has 0 saturated carbocycles. The average molecular weight is 421 g/mol. The largest absolute Gasteiger partial charge is 0.462 e. The van der Waals surface area contributed by atoms with Crippen LogP contribution in [0, 0.1) is 0 Å². The first kappa shape index (κ1) is 20.5. The Morgan fingerprint density at radius 1 is 1.29 bits per heavy atom. The fraction of sp³-hybridized carbons (Fsp3) is 0.474. The van der Waals surface area contributed by atoms with Gasteiger partial charge in [-0.2, -0.15) is 5.10 Å². The summed E-state index contributed by atoms with van der Waals surface area (Å²) >= 11 is 6.83. The van der Waals surface area contributed by atoms with Gasteiger partial charge in [0, 0.05) is 17.6 Å². The fourth-order valence-corrected chi connectivity index (χ4v) is 4.75. The summed E-state index contributed by atoms with van der Waals surface area (Å²) in [5, 5.41) is 10.6. The maximum atomic E-state index is 12.6. The van der Waals surface area contributed by atoms with Crippen molar-refractivity contribution in [1.29, 1.82) is 0 Å². The van der Waals surface area contributed by atoms with Gasteiger partial charge in [-0.3, -0.25) is 14.8 Å². The van der Waals surface area contributed by atoms with Crippen LogP contribution in [0.4, 0.5) is 5.00 Å². The van der Waals surface area contributed by atoms with Gasteiger partial charge in [0.05, 0.1) is 23.9 Å². The SMILES string of the molecule is CCOC(=O)c1c(NC(=S)NC(=O)c2cnn(CC)c2)sc2c1CCCCC2. The lowest BCUT2D eigenvalue weighted by molar-refractivity contribution is 0.0526. The Hall–Kier alpha value is -2.26. The van der Waals surface area contributed by atoms with E-state index in [-0.39, 0.29) is 17.0 Å². The van der Waals surface area contributed by atoms with Gasteiger partial charge in [0.15, 0.2) is 5.11 Å². The smallest absolute Gasteiger partial charge is 0.341 e. The van der Waals surface area contributed by atoms with Gasteiger partial charge in [-0.25, -0.2) is 4.79 Å². The van der Waals surface area contributed by atoms with E-state index in [1.807, 2.05) is 6.92 Å². The molecule has 0 atom stereocenters. The molecule has 0 unspecified atom stereocenters. The topological polar surface area (TPSA) is 85.2 Å². The first-order valence-corrected chi connectivity index (χ1v) is 10.7. The average Bonchev–Trinajstić information content (AvgIpc) is 3.20. The summed E-state index contributed by atoms with van der Waals surface area (Å²) in [7, 11) is 0. The van der Waals surface area contributed by atoms with E-state index < -0.39 is 0 Å². The van der Waals surface area contributed by atoms with E-state index in [2.05, 4.69) is 15.7 Å². The number of aromatic nitrogens is 2. The van der Waals surface area contributed by atoms with Crippen LogP contribution in [0.25, 0.3) is 0 Å². The molecule has 9 heteroatoms. The summed E-state index contributed by atoms with van der Waals surface area (Å²) in [5.74, 6) is -0.684. The number of thiocarbonyl (C=S) groups is 1. The van der Waals surface area contributed by atoms with Gasteiger partial charge in [-0.1, -0.05) is 6.42 Å². The molecule has 1 amide bonds. The maximum Gasteiger partial charge on any atom is 0.341 e. The molecular formula is C19H24N4O3S2. The molecule has 2 N–H and O–H groups in total. The van der Waals surface area contributed by atoms with Crippen LogP contribution in [-0.4, -0.2) is 33.4 Å². The number of amides is 1. The second kappa shape index (κ2) is 9.29. The molecule has 0 aliphatic heterocycles. The van der Waals surface area contributed by atoms with Crippen molar-refractivity contribution in [1.82, 2.24) is 15.1 Å². The number of nitrogens with one attached hydrogen (secondary N) is 2. The molecule has 0 fully saturated rings. The van der Waals surface area contributed by atoms with Crippen LogP contribution < -0.4 is 10.6 Å². The summed E-state index contributed by atoms with van der Waals surface area (Å²) in [6.07, 6.45) is 8.29. The second-order valence-electron chi connectivity index (χ2n) is 6.48. The minimum Gasteiger partial charge on any atom is -0.462 e. The van der Waals surface area contributed by atoms with Crippen LogP contribution in [0.2, 0.25) is 0 Å². The van der Waals surface area contributed by atoms with Gasteiger partial charge in [0.2, 0.25) is 0 Å². The number of ether oxygens (including phenoxy) is 1. The predicted molar refractivity (Wildman–Crippen MR) is 113 cm³/mol. The molecule has 0 aromatic carbocycles. The lowest BCUT2D eigenvalue weighted by atomic mass is 10.1. The number of esters is 1. The summed E-state index contributed by atoms with van der Waals surface area (Å²) in [4.78, 5) is 26.1. The maximum absolute atomic E-state index is 12.6. The zero-order valence-corrected chi connectivity index (χ0v) is 17.7. The molecule has 1 aliphatic rings.